The van der Waals surface area contributed by atoms with Crippen molar-refractivity contribution < 1.29 is 24.2 Å². The number of esters is 1. The summed E-state index contributed by atoms with van der Waals surface area (Å²) >= 11 is 0. The van der Waals surface area contributed by atoms with Gasteiger partial charge in [0, 0.05) is 13.1 Å². The van der Waals surface area contributed by atoms with Gasteiger partial charge in [0.25, 0.3) is 0 Å². The molecule has 25 heavy (non-hydrogen) atoms. The molecule has 134 valence electrons. The maximum atomic E-state index is 12.8. The van der Waals surface area contributed by atoms with Gasteiger partial charge in [-0.05, 0) is 24.1 Å². The predicted octanol–water partition coefficient (Wildman–Crippen LogP) is 0.979. The summed E-state index contributed by atoms with van der Waals surface area (Å²) < 4.78 is 5.00. The quantitative estimate of drug-likeness (QED) is 0.623. The number of methoxy groups -OCH3 is 1. The van der Waals surface area contributed by atoms with Crippen molar-refractivity contribution in [3.63, 3.8) is 0 Å². The van der Waals surface area contributed by atoms with Gasteiger partial charge >= 0.3 is 5.97 Å². The number of fused-ring (bicyclic) bond motifs is 1. The van der Waals surface area contributed by atoms with E-state index in [-0.39, 0.29) is 17.6 Å². The van der Waals surface area contributed by atoms with Gasteiger partial charge in [0.1, 0.15) is 11.3 Å². The minimum Gasteiger partial charge on any atom is -0.508 e. The van der Waals surface area contributed by atoms with Crippen molar-refractivity contribution in [2.24, 2.45) is 11.8 Å². The van der Waals surface area contributed by atoms with E-state index in [1.165, 1.54) is 26.3 Å². The summed E-state index contributed by atoms with van der Waals surface area (Å²) in [4.78, 5) is 39.2. The first-order valence-electron chi connectivity index (χ1n) is 8.33. The van der Waals surface area contributed by atoms with Gasteiger partial charge in [0.15, 0.2) is 0 Å². The van der Waals surface area contributed by atoms with E-state index in [1.807, 2.05) is 6.92 Å². The van der Waals surface area contributed by atoms with Gasteiger partial charge in [-0.25, -0.2) is 0 Å². The van der Waals surface area contributed by atoms with E-state index in [9.17, 15) is 19.5 Å². The molecule has 2 N–H and O–H groups in total. The molecule has 0 bridgehead atoms. The van der Waals surface area contributed by atoms with Crippen LogP contribution < -0.4 is 5.32 Å². The third-order valence-electron chi connectivity index (χ3n) is 5.32. The molecule has 7 heteroatoms. The maximum Gasteiger partial charge on any atom is 0.326 e. The lowest BCUT2D eigenvalue weighted by Gasteiger charge is -2.31. The molecule has 2 aliphatic heterocycles. The fourth-order valence-electron chi connectivity index (χ4n) is 4.21. The van der Waals surface area contributed by atoms with Crippen LogP contribution in [-0.2, 0) is 19.1 Å². The minimum atomic E-state index is -1.23. The molecule has 0 saturated carbocycles. The first-order chi connectivity index (χ1) is 11.9. The zero-order valence-electron chi connectivity index (χ0n) is 14.5. The Morgan fingerprint density at radius 1 is 1.28 bits per heavy atom. The fourth-order valence-corrected chi connectivity index (χ4v) is 4.21. The number of phenols is 1. The Hall–Kier alpha value is -2.41. The second kappa shape index (κ2) is 6.15. The van der Waals surface area contributed by atoms with E-state index in [0.717, 1.165) is 10.5 Å². The Morgan fingerprint density at radius 2 is 1.92 bits per heavy atom. The number of phenolic OH excluding ortho intramolecular Hbond substituents is 1. The second-order valence-corrected chi connectivity index (χ2v) is 6.67. The van der Waals surface area contributed by atoms with Crippen LogP contribution in [0.5, 0.6) is 5.75 Å². The summed E-state index contributed by atoms with van der Waals surface area (Å²) in [6.07, 6.45) is 1.04. The monoisotopic (exact) mass is 346 g/mol. The molecule has 3 rings (SSSR count). The molecule has 0 spiro atoms. The SMILES string of the molecule is CCC[C@]1(C(=O)OC)N[C@H](c2ccc(O)cc2)[C@@H]2C(=O)N(C)C(=O)[C@H]21. The second-order valence-electron chi connectivity index (χ2n) is 6.67. The molecule has 0 unspecified atom stereocenters. The van der Waals surface area contributed by atoms with E-state index >= 15 is 0 Å². The lowest BCUT2D eigenvalue weighted by atomic mass is 9.77. The Balaban J connectivity index is 2.13. The number of carbonyl (C=O) groups excluding carboxylic acids is 3. The van der Waals surface area contributed by atoms with Gasteiger partial charge in [-0.2, -0.15) is 0 Å². The number of likely N-dealkylation sites (tertiary alicyclic amines) is 1. The predicted molar refractivity (Wildman–Crippen MR) is 88.4 cm³/mol. The molecule has 2 fully saturated rings. The minimum absolute atomic E-state index is 0.108. The van der Waals surface area contributed by atoms with E-state index < -0.39 is 29.4 Å². The van der Waals surface area contributed by atoms with Crippen LogP contribution in [0.2, 0.25) is 0 Å². The highest BCUT2D eigenvalue weighted by Crippen LogP contribution is 2.50. The number of rotatable bonds is 4. The highest BCUT2D eigenvalue weighted by Gasteiger charge is 2.67. The molecule has 2 heterocycles. The Kier molecular flexibility index (Phi) is 4.28. The van der Waals surface area contributed by atoms with Crippen LogP contribution in [0.4, 0.5) is 0 Å². The van der Waals surface area contributed by atoms with Gasteiger partial charge < -0.3 is 9.84 Å². The van der Waals surface area contributed by atoms with Crippen molar-refractivity contribution in [1.82, 2.24) is 10.2 Å². The van der Waals surface area contributed by atoms with Gasteiger partial charge in [-0.1, -0.05) is 25.5 Å². The molecule has 4 atom stereocenters. The number of aromatic hydroxyl groups is 1. The topological polar surface area (TPSA) is 95.9 Å². The van der Waals surface area contributed by atoms with E-state index in [0.29, 0.717) is 12.8 Å². The molecule has 1 aromatic carbocycles. The van der Waals surface area contributed by atoms with Crippen LogP contribution in [0, 0.1) is 11.8 Å². The summed E-state index contributed by atoms with van der Waals surface area (Å²) in [6.45, 7) is 1.92. The van der Waals surface area contributed by atoms with Crippen molar-refractivity contribution in [2.45, 2.75) is 31.3 Å². The Labute approximate surface area is 146 Å². The highest BCUT2D eigenvalue weighted by atomic mass is 16.5. The third kappa shape index (κ3) is 2.41. The molecule has 0 aromatic heterocycles. The van der Waals surface area contributed by atoms with Crippen LogP contribution in [0.3, 0.4) is 0 Å². The molecule has 2 saturated heterocycles. The first kappa shape index (κ1) is 17.4. The molecular formula is C18H22N2O5. The molecule has 0 aliphatic carbocycles. The normalized spacial score (nSPS) is 31.3. The number of hydrogen-bond acceptors (Lipinski definition) is 6. The number of nitrogens with zero attached hydrogens (tertiary/aromatic N) is 1. The summed E-state index contributed by atoms with van der Waals surface area (Å²) in [5, 5.41) is 12.8. The van der Waals surface area contributed by atoms with Gasteiger partial charge in [-0.3, -0.25) is 24.6 Å². The Bertz CT molecular complexity index is 717. The number of nitrogens with one attached hydrogen (secondary N) is 1. The summed E-state index contributed by atoms with van der Waals surface area (Å²) in [6, 6.07) is 5.93. The van der Waals surface area contributed by atoms with Crippen molar-refractivity contribution in [1.29, 1.82) is 0 Å². The van der Waals surface area contributed by atoms with Crippen LogP contribution in [0.1, 0.15) is 31.4 Å². The highest BCUT2D eigenvalue weighted by molar-refractivity contribution is 6.09. The zero-order valence-corrected chi connectivity index (χ0v) is 14.5. The third-order valence-corrected chi connectivity index (χ3v) is 5.32. The lowest BCUT2D eigenvalue weighted by molar-refractivity contribution is -0.154. The number of hydrogen-bond donors (Lipinski definition) is 2. The van der Waals surface area contributed by atoms with Crippen LogP contribution in [0.15, 0.2) is 24.3 Å². The van der Waals surface area contributed by atoms with Crippen molar-refractivity contribution >= 4 is 17.8 Å². The van der Waals surface area contributed by atoms with Gasteiger partial charge in [0.05, 0.1) is 18.9 Å². The molecule has 1 aromatic rings. The molecule has 2 aliphatic rings. The van der Waals surface area contributed by atoms with E-state index in [4.69, 9.17) is 4.74 Å². The van der Waals surface area contributed by atoms with Crippen LogP contribution in [0.25, 0.3) is 0 Å². The van der Waals surface area contributed by atoms with Crippen molar-refractivity contribution in [3.05, 3.63) is 29.8 Å². The van der Waals surface area contributed by atoms with E-state index in [2.05, 4.69) is 5.32 Å². The summed E-state index contributed by atoms with van der Waals surface area (Å²) in [7, 11) is 2.74. The Morgan fingerprint density at radius 3 is 2.48 bits per heavy atom. The number of ether oxygens (including phenoxy) is 1. The number of carbonyl (C=O) groups is 3. The zero-order chi connectivity index (χ0) is 18.4. The molecule has 2 amide bonds. The van der Waals surface area contributed by atoms with Crippen LogP contribution >= 0.6 is 0 Å². The molecule has 0 radical (unpaired) electrons. The van der Waals surface area contributed by atoms with Gasteiger partial charge in [-0.15, -0.1) is 0 Å². The molecular weight excluding hydrogens is 324 g/mol. The average Bonchev–Trinajstić information content (AvgIpc) is 3.06. The van der Waals surface area contributed by atoms with Crippen LogP contribution in [-0.4, -0.2) is 47.5 Å². The summed E-state index contributed by atoms with van der Waals surface area (Å²) in [5.41, 5.74) is -0.486. The number of amides is 2. The standard InChI is InChI=1S/C18H22N2O5/c1-4-9-18(17(24)25-3)13-12(15(22)20(2)16(13)23)14(19-18)10-5-7-11(21)8-6-10/h5-8,12-14,19,21H,4,9H2,1-3H3/t12-,13+,14-,18+/m1/s1. The van der Waals surface area contributed by atoms with Crippen molar-refractivity contribution in [3.8, 4) is 5.75 Å². The number of benzene rings is 1. The fraction of sp³-hybridized carbons (Fsp3) is 0.500. The van der Waals surface area contributed by atoms with E-state index in [1.54, 1.807) is 12.1 Å². The average molecular weight is 346 g/mol. The maximum absolute atomic E-state index is 12.8. The lowest BCUT2D eigenvalue weighted by Crippen LogP contribution is -2.56. The smallest absolute Gasteiger partial charge is 0.326 e. The molecule has 7 nitrogen and oxygen atoms in total. The first-order valence-corrected chi connectivity index (χ1v) is 8.33. The van der Waals surface area contributed by atoms with Gasteiger partial charge in [0.2, 0.25) is 11.8 Å². The largest absolute Gasteiger partial charge is 0.508 e. The summed E-state index contributed by atoms with van der Waals surface area (Å²) in [5.74, 6) is -2.55. The number of imide groups is 1. The van der Waals surface area contributed by atoms with Crippen molar-refractivity contribution in [2.75, 3.05) is 14.2 Å².